The second-order valence-corrected chi connectivity index (χ2v) is 3.75. The van der Waals surface area contributed by atoms with Gasteiger partial charge < -0.3 is 10.5 Å². The van der Waals surface area contributed by atoms with E-state index in [0.29, 0.717) is 11.6 Å². The molecule has 3 heteroatoms. The number of nitrogen functional groups attached to an aromatic ring is 1. The molecule has 0 aromatic carbocycles. The Hall–Kier alpha value is -1.25. The summed E-state index contributed by atoms with van der Waals surface area (Å²) in [7, 11) is 0. The minimum absolute atomic E-state index is 0.491. The smallest absolute Gasteiger partial charge is 0.166 e. The maximum Gasteiger partial charge on any atom is 0.166 e. The molecule has 0 saturated heterocycles. The van der Waals surface area contributed by atoms with Crippen LogP contribution in [0.15, 0.2) is 12.1 Å². The van der Waals surface area contributed by atoms with Crippen molar-refractivity contribution in [2.75, 3.05) is 12.3 Å². The van der Waals surface area contributed by atoms with Crippen molar-refractivity contribution < 1.29 is 4.74 Å². The van der Waals surface area contributed by atoms with Crippen LogP contribution >= 0.6 is 0 Å². The summed E-state index contributed by atoms with van der Waals surface area (Å²) in [6.45, 7) is 4.85. The summed E-state index contributed by atoms with van der Waals surface area (Å²) in [5, 5.41) is 0. The van der Waals surface area contributed by atoms with E-state index < -0.39 is 0 Å². The third-order valence-corrected chi connectivity index (χ3v) is 2.28. The van der Waals surface area contributed by atoms with E-state index in [1.165, 1.54) is 19.3 Å². The van der Waals surface area contributed by atoms with E-state index >= 15 is 0 Å². The van der Waals surface area contributed by atoms with Crippen LogP contribution in [-0.4, -0.2) is 11.6 Å². The first-order chi connectivity index (χ1) is 7.24. The standard InChI is InChI=1S/C12H20N2O/c1-3-4-5-6-9-15-11-8-7-10(2)14-12(11)13/h7-8H,3-6,9H2,1-2H3,(H2,13,14). The van der Waals surface area contributed by atoms with Crippen molar-refractivity contribution in [3.63, 3.8) is 0 Å². The van der Waals surface area contributed by atoms with Crippen LogP contribution in [0.25, 0.3) is 0 Å². The van der Waals surface area contributed by atoms with Gasteiger partial charge >= 0.3 is 0 Å². The van der Waals surface area contributed by atoms with Crippen molar-refractivity contribution in [1.82, 2.24) is 4.98 Å². The van der Waals surface area contributed by atoms with Gasteiger partial charge in [-0.2, -0.15) is 0 Å². The number of ether oxygens (including phenoxy) is 1. The fourth-order valence-electron chi connectivity index (χ4n) is 1.40. The maximum absolute atomic E-state index is 5.73. The molecule has 0 spiro atoms. The Morgan fingerprint density at radius 1 is 1.27 bits per heavy atom. The molecule has 0 fully saturated rings. The van der Waals surface area contributed by atoms with Gasteiger partial charge in [0, 0.05) is 5.69 Å². The van der Waals surface area contributed by atoms with Crippen LogP contribution in [0.1, 0.15) is 38.3 Å². The quantitative estimate of drug-likeness (QED) is 0.731. The van der Waals surface area contributed by atoms with Gasteiger partial charge in [-0.05, 0) is 25.5 Å². The van der Waals surface area contributed by atoms with Crippen LogP contribution in [0.5, 0.6) is 5.75 Å². The van der Waals surface area contributed by atoms with Gasteiger partial charge in [-0.15, -0.1) is 0 Å². The SMILES string of the molecule is CCCCCCOc1ccc(C)nc1N. The fraction of sp³-hybridized carbons (Fsp3) is 0.583. The molecule has 0 aliphatic heterocycles. The number of aryl methyl sites for hydroxylation is 1. The van der Waals surface area contributed by atoms with Crippen LogP contribution in [0, 0.1) is 6.92 Å². The molecule has 2 N–H and O–H groups in total. The number of nitrogens with two attached hydrogens (primary N) is 1. The molecule has 0 aliphatic carbocycles. The van der Waals surface area contributed by atoms with Gasteiger partial charge in [0.05, 0.1) is 6.61 Å². The third kappa shape index (κ3) is 4.19. The lowest BCUT2D eigenvalue weighted by molar-refractivity contribution is 0.305. The molecule has 15 heavy (non-hydrogen) atoms. The number of unbranched alkanes of at least 4 members (excludes halogenated alkanes) is 3. The molecular weight excluding hydrogens is 188 g/mol. The van der Waals surface area contributed by atoms with Crippen LogP contribution < -0.4 is 10.5 Å². The van der Waals surface area contributed by atoms with Crippen molar-refractivity contribution in [3.05, 3.63) is 17.8 Å². The predicted molar refractivity (Wildman–Crippen MR) is 63.0 cm³/mol. The minimum Gasteiger partial charge on any atom is -0.490 e. The van der Waals surface area contributed by atoms with Gasteiger partial charge in [0.1, 0.15) is 0 Å². The highest BCUT2D eigenvalue weighted by molar-refractivity contribution is 5.46. The number of hydrogen-bond donors (Lipinski definition) is 1. The molecule has 0 saturated carbocycles. The summed E-state index contributed by atoms with van der Waals surface area (Å²) >= 11 is 0. The number of aromatic nitrogens is 1. The first kappa shape index (κ1) is 11.8. The summed E-state index contributed by atoms with van der Waals surface area (Å²) in [4.78, 5) is 4.14. The zero-order chi connectivity index (χ0) is 11.1. The summed E-state index contributed by atoms with van der Waals surface area (Å²) < 4.78 is 5.55. The lowest BCUT2D eigenvalue weighted by Gasteiger charge is -2.08. The lowest BCUT2D eigenvalue weighted by atomic mass is 10.2. The summed E-state index contributed by atoms with van der Waals surface area (Å²) in [6, 6.07) is 3.80. The van der Waals surface area contributed by atoms with Gasteiger partial charge in [0.15, 0.2) is 11.6 Å². The lowest BCUT2D eigenvalue weighted by Crippen LogP contribution is -2.02. The molecular formula is C12H20N2O. The Kier molecular flexibility index (Phi) is 4.95. The zero-order valence-electron chi connectivity index (χ0n) is 9.62. The second kappa shape index (κ2) is 6.27. The molecule has 1 aromatic rings. The highest BCUT2D eigenvalue weighted by Gasteiger charge is 2.00. The van der Waals surface area contributed by atoms with E-state index in [1.807, 2.05) is 19.1 Å². The molecule has 0 atom stereocenters. The van der Waals surface area contributed by atoms with Crippen molar-refractivity contribution in [2.45, 2.75) is 39.5 Å². The topological polar surface area (TPSA) is 48.1 Å². The predicted octanol–water partition coefficient (Wildman–Crippen LogP) is 2.93. The van der Waals surface area contributed by atoms with Crippen molar-refractivity contribution in [2.24, 2.45) is 0 Å². The molecule has 1 rings (SSSR count). The highest BCUT2D eigenvalue weighted by Crippen LogP contribution is 2.19. The van der Waals surface area contributed by atoms with Gasteiger partial charge in [-0.3, -0.25) is 0 Å². The Labute approximate surface area is 91.7 Å². The molecule has 0 aliphatic rings. The molecule has 84 valence electrons. The van der Waals surface area contributed by atoms with Gasteiger partial charge in [-0.1, -0.05) is 26.2 Å². The van der Waals surface area contributed by atoms with E-state index in [9.17, 15) is 0 Å². The number of pyridine rings is 1. The van der Waals surface area contributed by atoms with E-state index in [2.05, 4.69) is 11.9 Å². The summed E-state index contributed by atoms with van der Waals surface area (Å²) in [5.41, 5.74) is 6.65. The average molecular weight is 208 g/mol. The Morgan fingerprint density at radius 3 is 2.73 bits per heavy atom. The second-order valence-electron chi connectivity index (χ2n) is 3.75. The van der Waals surface area contributed by atoms with Crippen molar-refractivity contribution >= 4 is 5.82 Å². The molecule has 3 nitrogen and oxygen atoms in total. The van der Waals surface area contributed by atoms with Crippen molar-refractivity contribution in [1.29, 1.82) is 0 Å². The number of anilines is 1. The molecule has 0 amide bonds. The van der Waals surface area contributed by atoms with E-state index in [4.69, 9.17) is 10.5 Å². The molecule has 1 heterocycles. The summed E-state index contributed by atoms with van der Waals surface area (Å²) in [5.74, 6) is 1.20. The number of hydrogen-bond acceptors (Lipinski definition) is 3. The Morgan fingerprint density at radius 2 is 2.07 bits per heavy atom. The van der Waals surface area contributed by atoms with Crippen LogP contribution in [-0.2, 0) is 0 Å². The first-order valence-electron chi connectivity index (χ1n) is 5.60. The van der Waals surface area contributed by atoms with Crippen molar-refractivity contribution in [3.8, 4) is 5.75 Å². The van der Waals surface area contributed by atoms with Gasteiger partial charge in [-0.25, -0.2) is 4.98 Å². The van der Waals surface area contributed by atoms with E-state index in [-0.39, 0.29) is 0 Å². The normalized spacial score (nSPS) is 10.3. The summed E-state index contributed by atoms with van der Waals surface area (Å²) in [6.07, 6.45) is 4.82. The third-order valence-electron chi connectivity index (χ3n) is 2.28. The van der Waals surface area contributed by atoms with Crippen LogP contribution in [0.3, 0.4) is 0 Å². The monoisotopic (exact) mass is 208 g/mol. The zero-order valence-corrected chi connectivity index (χ0v) is 9.62. The largest absolute Gasteiger partial charge is 0.490 e. The minimum atomic E-state index is 0.491. The number of rotatable bonds is 6. The Balaban J connectivity index is 2.31. The van der Waals surface area contributed by atoms with Gasteiger partial charge in [0.25, 0.3) is 0 Å². The maximum atomic E-state index is 5.73. The van der Waals surface area contributed by atoms with Gasteiger partial charge in [0.2, 0.25) is 0 Å². The number of nitrogens with zero attached hydrogens (tertiary/aromatic N) is 1. The highest BCUT2D eigenvalue weighted by atomic mass is 16.5. The molecule has 0 bridgehead atoms. The van der Waals surface area contributed by atoms with Crippen LogP contribution in [0.2, 0.25) is 0 Å². The molecule has 0 radical (unpaired) electrons. The fourth-order valence-corrected chi connectivity index (χ4v) is 1.40. The first-order valence-corrected chi connectivity index (χ1v) is 5.60. The average Bonchev–Trinajstić information content (AvgIpc) is 2.20. The Bertz CT molecular complexity index is 300. The molecule has 1 aromatic heterocycles. The van der Waals surface area contributed by atoms with E-state index in [1.54, 1.807) is 0 Å². The van der Waals surface area contributed by atoms with E-state index in [0.717, 1.165) is 18.7 Å². The molecule has 0 unspecified atom stereocenters. The van der Waals surface area contributed by atoms with Crippen LogP contribution in [0.4, 0.5) is 5.82 Å².